The van der Waals surface area contributed by atoms with E-state index < -0.39 is 4.92 Å². The Hall–Kier alpha value is -3.16. The molecule has 0 fully saturated rings. The number of rotatable bonds is 5. The van der Waals surface area contributed by atoms with Crippen molar-refractivity contribution in [1.82, 2.24) is 4.98 Å². The number of nitrogen functional groups attached to an aromatic ring is 1. The Kier molecular flexibility index (Phi) is 3.98. The quantitative estimate of drug-likeness (QED) is 0.375. The molecule has 0 bridgehead atoms. The van der Waals surface area contributed by atoms with Crippen molar-refractivity contribution >= 4 is 11.5 Å². The summed E-state index contributed by atoms with van der Waals surface area (Å²) < 4.78 is 10.4. The smallest absolute Gasteiger partial charge is 0.314 e. The fourth-order valence-corrected chi connectivity index (χ4v) is 1.66. The lowest BCUT2D eigenvalue weighted by atomic mass is 10.2. The predicted octanol–water partition coefficient (Wildman–Crippen LogP) is 2.07. The standard InChI is InChI=1S/C13H12N4O4/c1-20-11-5-4-8(7-10(11)17(18)19)21-13-9(12(14)15)3-2-6-16-13/h2-7H,1H3,(H3,14,15). The minimum Gasteiger partial charge on any atom is -0.490 e. The van der Waals surface area contributed by atoms with Gasteiger partial charge >= 0.3 is 5.69 Å². The maximum atomic E-state index is 11.0. The molecule has 0 radical (unpaired) electrons. The van der Waals surface area contributed by atoms with Crippen LogP contribution < -0.4 is 15.2 Å². The van der Waals surface area contributed by atoms with Gasteiger partial charge in [0, 0.05) is 6.20 Å². The van der Waals surface area contributed by atoms with E-state index in [0.29, 0.717) is 5.56 Å². The molecule has 0 spiro atoms. The molecule has 0 atom stereocenters. The average Bonchev–Trinajstić information content (AvgIpc) is 2.47. The van der Waals surface area contributed by atoms with E-state index in [-0.39, 0.29) is 28.9 Å². The van der Waals surface area contributed by atoms with Gasteiger partial charge in [-0.1, -0.05) is 0 Å². The summed E-state index contributed by atoms with van der Waals surface area (Å²) in [5.74, 6) is 0.217. The maximum absolute atomic E-state index is 11.0. The van der Waals surface area contributed by atoms with Crippen molar-refractivity contribution in [3.63, 3.8) is 0 Å². The third-order valence-electron chi connectivity index (χ3n) is 2.62. The second kappa shape index (κ2) is 5.87. The van der Waals surface area contributed by atoms with Crippen LogP contribution in [0.4, 0.5) is 5.69 Å². The molecule has 0 aliphatic heterocycles. The minimum atomic E-state index is -0.573. The number of hydrogen-bond donors (Lipinski definition) is 2. The number of nitrogens with zero attached hydrogens (tertiary/aromatic N) is 2. The molecule has 3 N–H and O–H groups in total. The Morgan fingerprint density at radius 3 is 2.81 bits per heavy atom. The van der Waals surface area contributed by atoms with E-state index in [1.165, 1.54) is 31.5 Å². The molecule has 0 aliphatic carbocycles. The van der Waals surface area contributed by atoms with E-state index in [4.69, 9.17) is 20.6 Å². The van der Waals surface area contributed by atoms with E-state index in [1.807, 2.05) is 0 Å². The first-order valence-corrected chi connectivity index (χ1v) is 5.82. The molecule has 0 saturated carbocycles. The van der Waals surface area contributed by atoms with Gasteiger partial charge in [-0.25, -0.2) is 4.98 Å². The molecule has 108 valence electrons. The Morgan fingerprint density at radius 2 is 2.19 bits per heavy atom. The van der Waals surface area contributed by atoms with Crippen LogP contribution in [0.3, 0.4) is 0 Å². The van der Waals surface area contributed by atoms with Gasteiger partial charge in [0.25, 0.3) is 0 Å². The molecule has 8 nitrogen and oxygen atoms in total. The molecule has 0 amide bonds. The van der Waals surface area contributed by atoms with E-state index in [2.05, 4.69) is 4.98 Å². The Bertz CT molecular complexity index is 702. The zero-order valence-corrected chi connectivity index (χ0v) is 11.1. The lowest BCUT2D eigenvalue weighted by molar-refractivity contribution is -0.385. The number of hydrogen-bond acceptors (Lipinski definition) is 6. The van der Waals surface area contributed by atoms with Crippen molar-refractivity contribution in [3.05, 3.63) is 52.2 Å². The molecule has 0 saturated heterocycles. The highest BCUT2D eigenvalue weighted by Gasteiger charge is 2.17. The number of pyridine rings is 1. The fourth-order valence-electron chi connectivity index (χ4n) is 1.66. The van der Waals surface area contributed by atoms with Gasteiger partial charge in [-0.05, 0) is 24.3 Å². The van der Waals surface area contributed by atoms with Crippen LogP contribution in [0.25, 0.3) is 0 Å². The van der Waals surface area contributed by atoms with Gasteiger partial charge in [-0.3, -0.25) is 15.5 Å². The van der Waals surface area contributed by atoms with Gasteiger partial charge < -0.3 is 15.2 Å². The first-order valence-electron chi connectivity index (χ1n) is 5.82. The summed E-state index contributed by atoms with van der Waals surface area (Å²) in [7, 11) is 1.34. The highest BCUT2D eigenvalue weighted by atomic mass is 16.6. The zero-order valence-electron chi connectivity index (χ0n) is 11.1. The third-order valence-corrected chi connectivity index (χ3v) is 2.62. The lowest BCUT2D eigenvalue weighted by Crippen LogP contribution is -2.12. The van der Waals surface area contributed by atoms with Crippen LogP contribution in [-0.4, -0.2) is 22.9 Å². The minimum absolute atomic E-state index is 0.101. The van der Waals surface area contributed by atoms with Crippen LogP contribution in [-0.2, 0) is 0 Å². The van der Waals surface area contributed by atoms with Crippen molar-refractivity contribution in [2.75, 3.05) is 7.11 Å². The van der Waals surface area contributed by atoms with Gasteiger partial charge in [0.2, 0.25) is 5.88 Å². The Morgan fingerprint density at radius 1 is 1.43 bits per heavy atom. The third kappa shape index (κ3) is 3.06. The predicted molar refractivity (Wildman–Crippen MR) is 75.0 cm³/mol. The summed E-state index contributed by atoms with van der Waals surface area (Å²) in [5.41, 5.74) is 5.50. The molecule has 0 aliphatic rings. The SMILES string of the molecule is COc1ccc(Oc2ncccc2C(=N)N)cc1[N+](=O)[O-]. The molecule has 2 aromatic rings. The van der Waals surface area contributed by atoms with Crippen molar-refractivity contribution in [2.24, 2.45) is 5.73 Å². The number of nitro groups is 1. The van der Waals surface area contributed by atoms with Crippen LogP contribution in [0.2, 0.25) is 0 Å². The van der Waals surface area contributed by atoms with E-state index in [0.717, 1.165) is 0 Å². The monoisotopic (exact) mass is 288 g/mol. The average molecular weight is 288 g/mol. The number of nitrogens with one attached hydrogen (secondary N) is 1. The largest absolute Gasteiger partial charge is 0.490 e. The number of benzene rings is 1. The molecule has 8 heteroatoms. The summed E-state index contributed by atoms with van der Waals surface area (Å²) in [6, 6.07) is 7.33. The molecule has 0 unspecified atom stereocenters. The zero-order chi connectivity index (χ0) is 15.4. The summed E-state index contributed by atoms with van der Waals surface area (Å²) in [5, 5.41) is 18.4. The number of amidine groups is 1. The molecule has 1 aromatic carbocycles. The molecule has 2 rings (SSSR count). The first kappa shape index (κ1) is 14.3. The number of nitro benzene ring substituents is 1. The molecular formula is C13H12N4O4. The van der Waals surface area contributed by atoms with Crippen molar-refractivity contribution in [2.45, 2.75) is 0 Å². The van der Waals surface area contributed by atoms with Crippen molar-refractivity contribution < 1.29 is 14.4 Å². The van der Waals surface area contributed by atoms with Crippen LogP contribution in [0, 0.1) is 15.5 Å². The summed E-state index contributed by atoms with van der Waals surface area (Å²) in [6.07, 6.45) is 1.47. The van der Waals surface area contributed by atoms with Gasteiger partial charge in [-0.2, -0.15) is 0 Å². The van der Waals surface area contributed by atoms with Crippen LogP contribution in [0.5, 0.6) is 17.4 Å². The highest BCUT2D eigenvalue weighted by Crippen LogP contribution is 2.33. The van der Waals surface area contributed by atoms with Crippen LogP contribution in [0.1, 0.15) is 5.56 Å². The summed E-state index contributed by atoms with van der Waals surface area (Å²) in [4.78, 5) is 14.4. The molecule has 1 heterocycles. The number of aromatic nitrogens is 1. The Balaban J connectivity index is 2.39. The second-order valence-electron chi connectivity index (χ2n) is 3.96. The number of nitrogens with two attached hydrogens (primary N) is 1. The van der Waals surface area contributed by atoms with E-state index >= 15 is 0 Å². The summed E-state index contributed by atoms with van der Waals surface area (Å²) in [6.45, 7) is 0. The second-order valence-corrected chi connectivity index (χ2v) is 3.96. The fraction of sp³-hybridized carbons (Fsp3) is 0.0769. The molecule has 21 heavy (non-hydrogen) atoms. The molecular weight excluding hydrogens is 276 g/mol. The van der Waals surface area contributed by atoms with Gasteiger partial charge in [0.05, 0.1) is 23.7 Å². The van der Waals surface area contributed by atoms with Crippen LogP contribution >= 0.6 is 0 Å². The maximum Gasteiger partial charge on any atom is 0.314 e. The van der Waals surface area contributed by atoms with Crippen molar-refractivity contribution in [3.8, 4) is 17.4 Å². The van der Waals surface area contributed by atoms with Gasteiger partial charge in [0.15, 0.2) is 5.75 Å². The van der Waals surface area contributed by atoms with Gasteiger partial charge in [-0.15, -0.1) is 0 Å². The Labute approximate surface area is 119 Å². The van der Waals surface area contributed by atoms with Crippen LogP contribution in [0.15, 0.2) is 36.5 Å². The molecule has 1 aromatic heterocycles. The van der Waals surface area contributed by atoms with E-state index in [9.17, 15) is 10.1 Å². The number of ether oxygens (including phenoxy) is 2. The number of methoxy groups -OCH3 is 1. The lowest BCUT2D eigenvalue weighted by Gasteiger charge is -2.09. The normalized spacial score (nSPS) is 9.95. The van der Waals surface area contributed by atoms with Crippen molar-refractivity contribution in [1.29, 1.82) is 5.41 Å². The van der Waals surface area contributed by atoms with E-state index in [1.54, 1.807) is 12.1 Å². The highest BCUT2D eigenvalue weighted by molar-refractivity contribution is 5.97. The first-order chi connectivity index (χ1) is 10.0. The van der Waals surface area contributed by atoms with Gasteiger partial charge in [0.1, 0.15) is 11.6 Å². The topological polar surface area (TPSA) is 124 Å². The summed E-state index contributed by atoms with van der Waals surface area (Å²) >= 11 is 0.